The van der Waals surface area contributed by atoms with Crippen molar-refractivity contribution in [1.29, 1.82) is 0 Å². The molecule has 236 valence electrons. The van der Waals surface area contributed by atoms with E-state index in [2.05, 4.69) is 21.8 Å². The van der Waals surface area contributed by atoms with Gasteiger partial charge in [-0.3, -0.25) is 4.79 Å². The standard InChI is InChI=1S/C35H43ClN2O5S/c1-22-4-2-6-31(39)28-12-9-26(28)19-38-20-35(15-3-5-24-17-27(36)11-13-29(24)35)21-43-32-14-10-25(18-30(32)38)34(40)37-44(41,42)33(22)16-23-7-8-23/h2,6,10-11,13-14,17-18,22-23,26,28,31,33,39H,3-5,7-9,12,15-16,19-21H2,1H3,(H,37,40)/b6-2-/t22-,26-,28+,31?,33-,35-/m0/s1. The summed E-state index contributed by atoms with van der Waals surface area (Å²) < 4.78 is 36.4. The lowest BCUT2D eigenvalue weighted by Gasteiger charge is -2.45. The van der Waals surface area contributed by atoms with Crippen LogP contribution in [0.1, 0.15) is 79.8 Å². The Labute approximate surface area is 266 Å². The smallest absolute Gasteiger partial charge is 0.264 e. The van der Waals surface area contributed by atoms with E-state index in [0.29, 0.717) is 43.2 Å². The van der Waals surface area contributed by atoms with E-state index in [0.717, 1.165) is 62.2 Å². The Bertz CT molecular complexity index is 1570. The SMILES string of the molecule is C[C@H]1C/C=C\C(O)[C@@H]2CC[C@H]2CN2C[C@@]3(CCCc4cc(Cl)ccc43)COc3ccc(cc32)C(=O)NS(=O)(=O)[C@H]1CC1CC1. The number of rotatable bonds is 2. The van der Waals surface area contributed by atoms with Crippen LogP contribution in [0.2, 0.25) is 5.02 Å². The zero-order chi connectivity index (χ0) is 30.6. The number of aryl methyl sites for hydroxylation is 1. The van der Waals surface area contributed by atoms with Gasteiger partial charge in [0.2, 0.25) is 10.0 Å². The molecule has 1 unspecified atom stereocenters. The third-order valence-corrected chi connectivity index (χ3v) is 13.2. The molecule has 7 nitrogen and oxygen atoms in total. The number of sulfonamides is 1. The van der Waals surface area contributed by atoms with Crippen LogP contribution in [0.15, 0.2) is 48.6 Å². The van der Waals surface area contributed by atoms with Crippen LogP contribution in [0.25, 0.3) is 0 Å². The summed E-state index contributed by atoms with van der Waals surface area (Å²) in [6, 6.07) is 11.5. The van der Waals surface area contributed by atoms with Gasteiger partial charge in [-0.1, -0.05) is 49.6 Å². The number of nitrogens with one attached hydrogen (secondary N) is 1. The zero-order valence-electron chi connectivity index (χ0n) is 25.4. The van der Waals surface area contributed by atoms with Crippen molar-refractivity contribution in [2.24, 2.45) is 23.7 Å². The predicted octanol–water partition coefficient (Wildman–Crippen LogP) is 6.02. The number of ether oxygens (including phenoxy) is 1. The van der Waals surface area contributed by atoms with Gasteiger partial charge in [0, 0.05) is 29.1 Å². The number of halogens is 1. The van der Waals surface area contributed by atoms with Gasteiger partial charge in [0.25, 0.3) is 5.91 Å². The van der Waals surface area contributed by atoms with E-state index in [1.165, 1.54) is 11.1 Å². The Hall–Kier alpha value is -2.55. The predicted molar refractivity (Wildman–Crippen MR) is 173 cm³/mol. The second-order valence-electron chi connectivity index (χ2n) is 14.1. The molecule has 7 rings (SSSR count). The van der Waals surface area contributed by atoms with Gasteiger partial charge in [0.05, 0.1) is 23.6 Å². The fourth-order valence-electron chi connectivity index (χ4n) is 8.15. The lowest BCUT2D eigenvalue weighted by atomic mass is 9.68. The number of amides is 1. The minimum atomic E-state index is -3.93. The number of benzene rings is 2. The van der Waals surface area contributed by atoms with Crippen LogP contribution in [0.4, 0.5) is 5.69 Å². The van der Waals surface area contributed by atoms with Gasteiger partial charge in [0.15, 0.2) is 0 Å². The van der Waals surface area contributed by atoms with Gasteiger partial charge in [-0.05, 0) is 110 Å². The number of anilines is 1. The van der Waals surface area contributed by atoms with E-state index < -0.39 is 27.3 Å². The molecule has 2 aromatic carbocycles. The summed E-state index contributed by atoms with van der Waals surface area (Å²) in [7, 11) is -3.93. The van der Waals surface area contributed by atoms with Gasteiger partial charge < -0.3 is 14.7 Å². The van der Waals surface area contributed by atoms with Crippen LogP contribution in [0, 0.1) is 23.7 Å². The van der Waals surface area contributed by atoms with Crippen molar-refractivity contribution >= 4 is 33.2 Å². The highest BCUT2D eigenvalue weighted by Crippen LogP contribution is 2.47. The molecule has 2 N–H and O–H groups in total. The second kappa shape index (κ2) is 11.7. The minimum absolute atomic E-state index is 0.132. The summed E-state index contributed by atoms with van der Waals surface area (Å²) in [6.45, 7) is 3.87. The Morgan fingerprint density at radius 2 is 1.98 bits per heavy atom. The highest BCUT2D eigenvalue weighted by Gasteiger charge is 2.44. The molecule has 2 fully saturated rings. The number of aliphatic hydroxyl groups is 1. The fourth-order valence-corrected chi connectivity index (χ4v) is 10.1. The Morgan fingerprint density at radius 1 is 1.14 bits per heavy atom. The van der Waals surface area contributed by atoms with Gasteiger partial charge in [-0.2, -0.15) is 0 Å². The third kappa shape index (κ3) is 5.78. The van der Waals surface area contributed by atoms with Crippen molar-refractivity contribution in [3.8, 4) is 5.75 Å². The largest absolute Gasteiger partial charge is 0.490 e. The maximum Gasteiger partial charge on any atom is 0.264 e. The van der Waals surface area contributed by atoms with Crippen LogP contribution < -0.4 is 14.4 Å². The van der Waals surface area contributed by atoms with E-state index in [1.807, 2.05) is 31.2 Å². The van der Waals surface area contributed by atoms with Gasteiger partial charge in [-0.15, -0.1) is 0 Å². The van der Waals surface area contributed by atoms with Crippen molar-refractivity contribution in [1.82, 2.24) is 4.72 Å². The Balaban J connectivity index is 1.28. The van der Waals surface area contributed by atoms with Gasteiger partial charge in [-0.25, -0.2) is 13.1 Å². The number of fused-ring (bicyclic) bond motifs is 4. The van der Waals surface area contributed by atoms with Crippen molar-refractivity contribution in [2.75, 3.05) is 24.6 Å². The first-order valence-electron chi connectivity index (χ1n) is 16.3. The molecule has 2 aliphatic heterocycles. The van der Waals surface area contributed by atoms with E-state index in [-0.39, 0.29) is 23.2 Å². The number of nitrogens with zero attached hydrogens (tertiary/aromatic N) is 1. The molecule has 2 heterocycles. The zero-order valence-corrected chi connectivity index (χ0v) is 27.0. The normalized spacial score (nSPS) is 34.0. The molecule has 5 aliphatic rings. The molecule has 9 heteroatoms. The molecule has 3 aliphatic carbocycles. The highest BCUT2D eigenvalue weighted by molar-refractivity contribution is 7.90. The summed E-state index contributed by atoms with van der Waals surface area (Å²) in [5, 5.41) is 11.3. The highest BCUT2D eigenvalue weighted by atomic mass is 35.5. The van der Waals surface area contributed by atoms with Crippen LogP contribution in [-0.4, -0.2) is 50.5 Å². The first kappa shape index (κ1) is 30.1. The van der Waals surface area contributed by atoms with E-state index in [9.17, 15) is 18.3 Å². The van der Waals surface area contributed by atoms with E-state index >= 15 is 0 Å². The van der Waals surface area contributed by atoms with Gasteiger partial charge in [0.1, 0.15) is 5.75 Å². The first-order chi connectivity index (χ1) is 21.1. The molecule has 2 aromatic rings. The monoisotopic (exact) mass is 638 g/mol. The molecule has 44 heavy (non-hydrogen) atoms. The number of aliphatic hydroxyl groups excluding tert-OH is 1. The number of allylic oxidation sites excluding steroid dienone is 1. The second-order valence-corrected chi connectivity index (χ2v) is 16.4. The maximum absolute atomic E-state index is 13.7. The summed E-state index contributed by atoms with van der Waals surface area (Å²) in [5.41, 5.74) is 3.38. The third-order valence-electron chi connectivity index (χ3n) is 11.0. The lowest BCUT2D eigenvalue weighted by molar-refractivity contribution is 0.0455. The van der Waals surface area contributed by atoms with Crippen molar-refractivity contribution < 1.29 is 23.1 Å². The quantitative estimate of drug-likeness (QED) is 0.391. The molecule has 6 atom stereocenters. The van der Waals surface area contributed by atoms with Crippen LogP contribution >= 0.6 is 11.6 Å². The molecular weight excluding hydrogens is 596 g/mol. The molecule has 0 aromatic heterocycles. The molecule has 0 radical (unpaired) electrons. The molecule has 1 amide bonds. The van der Waals surface area contributed by atoms with Gasteiger partial charge >= 0.3 is 0 Å². The fraction of sp³-hybridized carbons (Fsp3) is 0.571. The maximum atomic E-state index is 13.7. The number of carbonyl (C=O) groups is 1. The Kier molecular flexibility index (Phi) is 7.99. The number of hydrogen-bond acceptors (Lipinski definition) is 6. The molecular formula is C35H43ClN2O5S. The van der Waals surface area contributed by atoms with Crippen molar-refractivity contribution in [3.63, 3.8) is 0 Å². The lowest BCUT2D eigenvalue weighted by Crippen LogP contribution is -2.49. The molecule has 2 saturated carbocycles. The Morgan fingerprint density at radius 3 is 2.75 bits per heavy atom. The van der Waals surface area contributed by atoms with E-state index in [4.69, 9.17) is 16.3 Å². The molecule has 1 spiro atoms. The number of hydrogen-bond donors (Lipinski definition) is 2. The van der Waals surface area contributed by atoms with Crippen LogP contribution in [0.3, 0.4) is 0 Å². The average molecular weight is 639 g/mol. The summed E-state index contributed by atoms with van der Waals surface area (Å²) in [4.78, 5) is 15.9. The molecule has 0 saturated heterocycles. The van der Waals surface area contributed by atoms with Crippen molar-refractivity contribution in [2.45, 2.75) is 81.5 Å². The minimum Gasteiger partial charge on any atom is -0.490 e. The van der Waals surface area contributed by atoms with E-state index in [1.54, 1.807) is 12.1 Å². The topological polar surface area (TPSA) is 95.9 Å². The first-order valence-corrected chi connectivity index (χ1v) is 18.3. The summed E-state index contributed by atoms with van der Waals surface area (Å²) >= 11 is 6.41. The summed E-state index contributed by atoms with van der Waals surface area (Å²) in [6.07, 6.45) is 11.4. The summed E-state index contributed by atoms with van der Waals surface area (Å²) in [5.74, 6) is 0.716. The molecule has 2 bridgehead atoms. The van der Waals surface area contributed by atoms with Crippen molar-refractivity contribution in [3.05, 3.63) is 70.3 Å². The average Bonchev–Trinajstić information content (AvgIpc) is 3.81. The van der Waals surface area contributed by atoms with Crippen LogP contribution in [0.5, 0.6) is 5.75 Å². The number of carbonyl (C=O) groups excluding carboxylic acids is 1. The van der Waals surface area contributed by atoms with Crippen LogP contribution in [-0.2, 0) is 21.9 Å².